The average molecular weight is 531 g/mol. The monoisotopic (exact) mass is 530 g/mol. The SMILES string of the molecule is O=C(CN1C(=C(O)c2ccccc2)C(=O)c2ccccc2S1(=O)=O)Nc1ccc(Br)cc1F. The van der Waals surface area contributed by atoms with Crippen molar-refractivity contribution in [2.75, 3.05) is 11.9 Å². The summed E-state index contributed by atoms with van der Waals surface area (Å²) in [5.74, 6) is -2.99. The van der Waals surface area contributed by atoms with E-state index in [1.54, 1.807) is 18.2 Å². The number of hydrogen-bond acceptors (Lipinski definition) is 5. The van der Waals surface area contributed by atoms with Crippen LogP contribution >= 0.6 is 15.9 Å². The van der Waals surface area contributed by atoms with Gasteiger partial charge in [0.05, 0.1) is 10.6 Å². The van der Waals surface area contributed by atoms with Gasteiger partial charge >= 0.3 is 0 Å². The molecule has 4 rings (SSSR count). The Balaban J connectivity index is 1.80. The molecule has 1 aliphatic rings. The Hall–Kier alpha value is -3.50. The number of hydrogen-bond donors (Lipinski definition) is 2. The second-order valence-electron chi connectivity index (χ2n) is 7.07. The second kappa shape index (κ2) is 8.80. The van der Waals surface area contributed by atoms with Crippen molar-refractivity contribution in [3.8, 4) is 0 Å². The molecule has 0 aliphatic carbocycles. The number of allylic oxidation sites excluding steroid dienone is 1. The summed E-state index contributed by atoms with van der Waals surface area (Å²) in [6, 6.07) is 17.4. The van der Waals surface area contributed by atoms with E-state index < -0.39 is 45.5 Å². The van der Waals surface area contributed by atoms with Crippen LogP contribution in [0.5, 0.6) is 0 Å². The summed E-state index contributed by atoms with van der Waals surface area (Å²) in [6.45, 7) is -0.857. The number of sulfonamides is 1. The van der Waals surface area contributed by atoms with E-state index in [4.69, 9.17) is 0 Å². The van der Waals surface area contributed by atoms with Crippen LogP contribution in [0, 0.1) is 5.82 Å². The molecule has 168 valence electrons. The van der Waals surface area contributed by atoms with Gasteiger partial charge in [-0.25, -0.2) is 17.1 Å². The minimum Gasteiger partial charge on any atom is -0.505 e. The van der Waals surface area contributed by atoms with Gasteiger partial charge in [-0.3, -0.25) is 9.59 Å². The van der Waals surface area contributed by atoms with Gasteiger partial charge in [0.1, 0.15) is 18.1 Å². The van der Waals surface area contributed by atoms with Crippen LogP contribution in [-0.2, 0) is 14.8 Å². The van der Waals surface area contributed by atoms with Crippen LogP contribution in [0.15, 0.2) is 87.9 Å². The summed E-state index contributed by atoms with van der Waals surface area (Å²) in [4.78, 5) is 25.7. The number of aliphatic hydroxyl groups is 1. The zero-order chi connectivity index (χ0) is 23.8. The molecule has 3 aromatic rings. The number of carbonyl (C=O) groups is 2. The van der Waals surface area contributed by atoms with Crippen LogP contribution in [0.1, 0.15) is 15.9 Å². The van der Waals surface area contributed by atoms with E-state index in [2.05, 4.69) is 21.2 Å². The van der Waals surface area contributed by atoms with Gasteiger partial charge in [-0.1, -0.05) is 58.4 Å². The number of carbonyl (C=O) groups excluding carboxylic acids is 2. The Morgan fingerprint density at radius 3 is 2.39 bits per heavy atom. The molecule has 33 heavy (non-hydrogen) atoms. The van der Waals surface area contributed by atoms with Crippen LogP contribution in [0.2, 0.25) is 0 Å². The third-order valence-corrected chi connectivity index (χ3v) is 7.23. The second-order valence-corrected chi connectivity index (χ2v) is 9.82. The number of benzene rings is 3. The Bertz CT molecular complexity index is 1410. The van der Waals surface area contributed by atoms with Crippen LogP contribution in [0.3, 0.4) is 0 Å². The fourth-order valence-electron chi connectivity index (χ4n) is 3.39. The first-order chi connectivity index (χ1) is 15.7. The van der Waals surface area contributed by atoms with Gasteiger partial charge in [0.25, 0.3) is 10.0 Å². The fourth-order valence-corrected chi connectivity index (χ4v) is 5.35. The van der Waals surface area contributed by atoms with Gasteiger partial charge in [-0.2, -0.15) is 0 Å². The Kier molecular flexibility index (Phi) is 6.05. The molecule has 0 aromatic heterocycles. The van der Waals surface area contributed by atoms with Crippen LogP contribution in [0.4, 0.5) is 10.1 Å². The summed E-state index contributed by atoms with van der Waals surface area (Å²) < 4.78 is 41.9. The lowest BCUT2D eigenvalue weighted by molar-refractivity contribution is -0.116. The van der Waals surface area contributed by atoms with Gasteiger partial charge < -0.3 is 10.4 Å². The van der Waals surface area contributed by atoms with Crippen LogP contribution in [0.25, 0.3) is 5.76 Å². The van der Waals surface area contributed by atoms with Crippen LogP contribution in [-0.4, -0.2) is 36.1 Å². The first kappa shape index (κ1) is 22.7. The number of nitrogens with one attached hydrogen (secondary N) is 1. The topological polar surface area (TPSA) is 104 Å². The maximum atomic E-state index is 14.1. The largest absolute Gasteiger partial charge is 0.505 e. The highest BCUT2D eigenvalue weighted by atomic mass is 79.9. The van der Waals surface area contributed by atoms with Crippen molar-refractivity contribution in [2.24, 2.45) is 0 Å². The molecule has 10 heteroatoms. The molecule has 0 fully saturated rings. The maximum absolute atomic E-state index is 14.1. The number of halogens is 2. The van der Waals surface area contributed by atoms with Gasteiger partial charge in [-0.15, -0.1) is 0 Å². The molecular formula is C23H16BrFN2O5S. The molecule has 3 aromatic carbocycles. The molecule has 0 bridgehead atoms. The van der Waals surface area contributed by atoms with E-state index in [1.165, 1.54) is 48.5 Å². The molecule has 1 heterocycles. The number of aliphatic hydroxyl groups excluding tert-OH is 1. The molecule has 0 saturated carbocycles. The van der Waals surface area contributed by atoms with E-state index >= 15 is 0 Å². The predicted octanol–water partition coefficient (Wildman–Crippen LogP) is 4.34. The highest BCUT2D eigenvalue weighted by Gasteiger charge is 2.42. The molecule has 0 radical (unpaired) electrons. The molecule has 0 saturated heterocycles. The number of fused-ring (bicyclic) bond motifs is 1. The van der Waals surface area contributed by atoms with Crippen molar-refractivity contribution in [1.82, 2.24) is 4.31 Å². The first-order valence-electron chi connectivity index (χ1n) is 9.60. The van der Waals surface area contributed by atoms with Gasteiger partial charge in [0.2, 0.25) is 11.7 Å². The van der Waals surface area contributed by atoms with E-state index in [0.717, 1.165) is 6.07 Å². The maximum Gasteiger partial charge on any atom is 0.265 e. The summed E-state index contributed by atoms with van der Waals surface area (Å²) in [5, 5.41) is 13.2. The van der Waals surface area contributed by atoms with Crippen molar-refractivity contribution < 1.29 is 27.5 Å². The summed E-state index contributed by atoms with van der Waals surface area (Å²) >= 11 is 3.11. The third kappa shape index (κ3) is 4.27. The molecular weight excluding hydrogens is 515 g/mol. The number of amides is 1. The quantitative estimate of drug-likeness (QED) is 0.385. The Morgan fingerprint density at radius 1 is 1.03 bits per heavy atom. The molecule has 1 amide bonds. The normalized spacial score (nSPS) is 16.2. The van der Waals surface area contributed by atoms with E-state index in [0.29, 0.717) is 8.78 Å². The zero-order valence-electron chi connectivity index (χ0n) is 16.8. The van der Waals surface area contributed by atoms with Crippen molar-refractivity contribution >= 4 is 49.1 Å². The fraction of sp³-hybridized carbons (Fsp3) is 0.0435. The number of nitrogens with zero attached hydrogens (tertiary/aromatic N) is 1. The van der Waals surface area contributed by atoms with Gasteiger partial charge in [-0.05, 0) is 30.3 Å². The zero-order valence-corrected chi connectivity index (χ0v) is 19.2. The molecule has 1 aliphatic heterocycles. The lowest BCUT2D eigenvalue weighted by Crippen LogP contribution is -2.44. The third-order valence-electron chi connectivity index (χ3n) is 4.93. The standard InChI is InChI=1S/C23H16BrFN2O5S/c24-15-10-11-18(17(25)12-15)26-20(28)13-27-21(22(29)14-6-2-1-3-7-14)23(30)16-8-4-5-9-19(16)33(27,31)32/h1-12,29H,13H2,(H,26,28). The van der Waals surface area contributed by atoms with Crippen molar-refractivity contribution in [1.29, 1.82) is 0 Å². The van der Waals surface area contributed by atoms with Gasteiger partial charge in [0, 0.05) is 15.6 Å². The first-order valence-corrected chi connectivity index (χ1v) is 11.8. The minimum atomic E-state index is -4.39. The molecule has 7 nitrogen and oxygen atoms in total. The van der Waals surface area contributed by atoms with Gasteiger partial charge in [0.15, 0.2) is 5.76 Å². The highest BCUT2D eigenvalue weighted by molar-refractivity contribution is 9.10. The lowest BCUT2D eigenvalue weighted by atomic mass is 10.0. The number of rotatable bonds is 4. The van der Waals surface area contributed by atoms with E-state index in [9.17, 15) is 27.5 Å². The van der Waals surface area contributed by atoms with Crippen LogP contribution < -0.4 is 5.32 Å². The summed E-state index contributed by atoms with van der Waals surface area (Å²) in [6.07, 6.45) is 0. The average Bonchev–Trinajstić information content (AvgIpc) is 2.80. The van der Waals surface area contributed by atoms with Crippen molar-refractivity contribution in [3.05, 3.63) is 99.9 Å². The predicted molar refractivity (Wildman–Crippen MR) is 123 cm³/mol. The molecule has 0 spiro atoms. The number of Topliss-reactive ketones (excluding diaryl/α,β-unsaturated/α-hetero) is 1. The van der Waals surface area contributed by atoms with E-state index in [-0.39, 0.29) is 21.7 Å². The number of ketones is 1. The molecule has 2 N–H and O–H groups in total. The lowest BCUT2D eigenvalue weighted by Gasteiger charge is -2.31. The van der Waals surface area contributed by atoms with E-state index in [1.807, 2.05) is 0 Å². The molecule has 0 atom stereocenters. The van der Waals surface area contributed by atoms with Crippen molar-refractivity contribution in [3.63, 3.8) is 0 Å². The molecule has 0 unspecified atom stereocenters. The summed E-state index contributed by atoms with van der Waals surface area (Å²) in [7, 11) is -4.39. The van der Waals surface area contributed by atoms with Crippen molar-refractivity contribution in [2.45, 2.75) is 4.90 Å². The summed E-state index contributed by atoms with van der Waals surface area (Å²) in [5.41, 5.74) is -0.654. The minimum absolute atomic E-state index is 0.120. The smallest absolute Gasteiger partial charge is 0.265 e. The highest BCUT2D eigenvalue weighted by Crippen LogP contribution is 2.35. The Morgan fingerprint density at radius 2 is 1.70 bits per heavy atom. The Labute approximate surface area is 197 Å². The number of anilines is 1.